The first-order valence-electron chi connectivity index (χ1n) is 4.85. The minimum atomic E-state index is -1.04. The molecule has 2 atom stereocenters. The van der Waals surface area contributed by atoms with Gasteiger partial charge in [-0.3, -0.25) is 9.00 Å². The maximum absolute atomic E-state index is 11.6. The monoisotopic (exact) mass is 275 g/mol. The fourth-order valence-electron chi connectivity index (χ4n) is 1.02. The number of carbonyl (C=O) groups excluding carboxylic acids is 1. The van der Waals surface area contributed by atoms with E-state index in [2.05, 4.69) is 5.32 Å². The van der Waals surface area contributed by atoms with Gasteiger partial charge in [0, 0.05) is 28.9 Å². The molecule has 17 heavy (non-hydrogen) atoms. The standard InChI is InChI=1S/C10H13NO4S2/c1-6(17(2)15)5-11-9(12)7-3-4-8(16-7)10(13)14/h3-4,6H,5H2,1-2H3,(H,11,12)(H,13,14). The van der Waals surface area contributed by atoms with Crippen molar-refractivity contribution in [3.8, 4) is 0 Å². The molecular weight excluding hydrogens is 262 g/mol. The van der Waals surface area contributed by atoms with Crippen molar-refractivity contribution in [2.45, 2.75) is 12.2 Å². The van der Waals surface area contributed by atoms with Crippen molar-refractivity contribution in [1.29, 1.82) is 0 Å². The SMILES string of the molecule is CC(CNC(=O)c1ccc(C(=O)O)s1)S(C)=O. The van der Waals surface area contributed by atoms with Gasteiger partial charge >= 0.3 is 5.97 Å². The second kappa shape index (κ2) is 5.92. The van der Waals surface area contributed by atoms with Crippen molar-refractivity contribution in [1.82, 2.24) is 5.32 Å². The molecule has 1 aromatic heterocycles. The number of amides is 1. The molecule has 0 radical (unpaired) electrons. The van der Waals surface area contributed by atoms with E-state index >= 15 is 0 Å². The van der Waals surface area contributed by atoms with Crippen LogP contribution in [0.3, 0.4) is 0 Å². The van der Waals surface area contributed by atoms with Gasteiger partial charge < -0.3 is 10.4 Å². The number of nitrogens with one attached hydrogen (secondary N) is 1. The van der Waals surface area contributed by atoms with Crippen LogP contribution in [0.25, 0.3) is 0 Å². The lowest BCUT2D eigenvalue weighted by atomic mass is 10.4. The molecule has 0 saturated heterocycles. The van der Waals surface area contributed by atoms with Gasteiger partial charge in [-0.05, 0) is 19.1 Å². The number of carbonyl (C=O) groups is 2. The molecule has 1 heterocycles. The molecule has 2 unspecified atom stereocenters. The quantitative estimate of drug-likeness (QED) is 0.838. The Morgan fingerprint density at radius 2 is 2.06 bits per heavy atom. The third kappa shape index (κ3) is 3.94. The lowest BCUT2D eigenvalue weighted by Crippen LogP contribution is -2.32. The predicted molar refractivity (Wildman–Crippen MR) is 67.1 cm³/mol. The van der Waals surface area contributed by atoms with Crippen molar-refractivity contribution in [2.24, 2.45) is 0 Å². The van der Waals surface area contributed by atoms with Gasteiger partial charge in [0.25, 0.3) is 5.91 Å². The highest BCUT2D eigenvalue weighted by Crippen LogP contribution is 2.16. The number of hydrogen-bond acceptors (Lipinski definition) is 4. The summed E-state index contributed by atoms with van der Waals surface area (Å²) in [6, 6.07) is 2.86. The highest BCUT2D eigenvalue weighted by molar-refractivity contribution is 7.84. The molecule has 0 bridgehead atoms. The first-order chi connectivity index (χ1) is 7.91. The van der Waals surface area contributed by atoms with Crippen molar-refractivity contribution in [2.75, 3.05) is 12.8 Å². The Hall–Kier alpha value is -1.21. The van der Waals surface area contributed by atoms with E-state index in [1.54, 1.807) is 13.2 Å². The maximum Gasteiger partial charge on any atom is 0.345 e. The summed E-state index contributed by atoms with van der Waals surface area (Å²) in [5.74, 6) is -1.38. The van der Waals surface area contributed by atoms with Crippen LogP contribution in [0.15, 0.2) is 12.1 Å². The van der Waals surface area contributed by atoms with Crippen LogP contribution in [-0.4, -0.2) is 39.2 Å². The summed E-state index contributed by atoms with van der Waals surface area (Å²) in [6.45, 7) is 2.08. The summed E-state index contributed by atoms with van der Waals surface area (Å²) in [5.41, 5.74) is 0. The highest BCUT2D eigenvalue weighted by Gasteiger charge is 2.14. The van der Waals surface area contributed by atoms with Crippen LogP contribution in [0.2, 0.25) is 0 Å². The summed E-state index contributed by atoms with van der Waals surface area (Å²) in [5, 5.41) is 11.2. The molecule has 1 aromatic rings. The highest BCUT2D eigenvalue weighted by atomic mass is 32.2. The summed E-state index contributed by atoms with van der Waals surface area (Å²) in [7, 11) is -0.991. The van der Waals surface area contributed by atoms with Crippen LogP contribution in [0.4, 0.5) is 0 Å². The fourth-order valence-corrected chi connectivity index (χ4v) is 2.10. The van der Waals surface area contributed by atoms with E-state index in [9.17, 15) is 13.8 Å². The van der Waals surface area contributed by atoms with Crippen LogP contribution in [0.5, 0.6) is 0 Å². The number of rotatable bonds is 5. The molecule has 0 fully saturated rings. The molecule has 2 N–H and O–H groups in total. The van der Waals surface area contributed by atoms with Gasteiger partial charge in [-0.25, -0.2) is 4.79 Å². The Kier molecular flexibility index (Phi) is 4.83. The molecule has 0 aliphatic carbocycles. The Morgan fingerprint density at radius 1 is 1.47 bits per heavy atom. The second-order valence-electron chi connectivity index (χ2n) is 3.49. The van der Waals surface area contributed by atoms with Gasteiger partial charge in [0.2, 0.25) is 0 Å². The molecule has 1 amide bonds. The van der Waals surface area contributed by atoms with Crippen LogP contribution in [0, 0.1) is 0 Å². The summed E-state index contributed by atoms with van der Waals surface area (Å²) in [4.78, 5) is 22.7. The molecular formula is C10H13NO4S2. The maximum atomic E-state index is 11.6. The first-order valence-corrected chi connectivity index (χ1v) is 7.29. The Bertz CT molecular complexity index is 455. The van der Waals surface area contributed by atoms with Crippen molar-refractivity contribution in [3.63, 3.8) is 0 Å². The van der Waals surface area contributed by atoms with E-state index in [-0.39, 0.29) is 16.0 Å². The van der Waals surface area contributed by atoms with Gasteiger partial charge in [0.05, 0.1) is 4.88 Å². The molecule has 5 nitrogen and oxygen atoms in total. The third-order valence-corrected chi connectivity index (χ3v) is 4.53. The first kappa shape index (κ1) is 13.9. The average Bonchev–Trinajstić information content (AvgIpc) is 2.74. The Balaban J connectivity index is 2.58. The van der Waals surface area contributed by atoms with Gasteiger partial charge in [0.1, 0.15) is 4.88 Å². The summed E-state index contributed by atoms with van der Waals surface area (Å²) < 4.78 is 11.1. The van der Waals surface area contributed by atoms with Crippen molar-refractivity contribution in [3.05, 3.63) is 21.9 Å². The molecule has 94 valence electrons. The summed E-state index contributed by atoms with van der Waals surface area (Å²) in [6.07, 6.45) is 1.57. The van der Waals surface area contributed by atoms with Gasteiger partial charge in [0.15, 0.2) is 0 Å². The van der Waals surface area contributed by atoms with E-state index < -0.39 is 16.8 Å². The topological polar surface area (TPSA) is 83.5 Å². The number of aromatic carboxylic acids is 1. The van der Waals surface area contributed by atoms with E-state index in [4.69, 9.17) is 5.11 Å². The fraction of sp³-hybridized carbons (Fsp3) is 0.400. The second-order valence-corrected chi connectivity index (χ2v) is 6.37. The van der Waals surface area contributed by atoms with E-state index in [0.29, 0.717) is 11.4 Å². The van der Waals surface area contributed by atoms with Crippen LogP contribution in [0.1, 0.15) is 26.3 Å². The van der Waals surface area contributed by atoms with Gasteiger partial charge in [-0.15, -0.1) is 11.3 Å². The lowest BCUT2D eigenvalue weighted by Gasteiger charge is -2.08. The van der Waals surface area contributed by atoms with Crippen LogP contribution >= 0.6 is 11.3 Å². The molecule has 0 aromatic carbocycles. The minimum Gasteiger partial charge on any atom is -0.477 e. The zero-order chi connectivity index (χ0) is 13.0. The molecule has 1 rings (SSSR count). The minimum absolute atomic E-state index is 0.127. The Morgan fingerprint density at radius 3 is 2.53 bits per heavy atom. The predicted octanol–water partition coefficient (Wildman–Crippen LogP) is 0.943. The number of hydrogen-bond donors (Lipinski definition) is 2. The third-order valence-electron chi connectivity index (χ3n) is 2.16. The number of thiophene rings is 1. The molecule has 0 aliphatic heterocycles. The number of carboxylic acid groups (broad SMARTS) is 1. The lowest BCUT2D eigenvalue weighted by molar-refractivity contribution is 0.0702. The molecule has 0 spiro atoms. The molecule has 0 saturated carbocycles. The van der Waals surface area contributed by atoms with Crippen LogP contribution in [-0.2, 0) is 10.8 Å². The average molecular weight is 275 g/mol. The van der Waals surface area contributed by atoms with Crippen LogP contribution < -0.4 is 5.32 Å². The normalized spacial score (nSPS) is 14.0. The van der Waals surface area contributed by atoms with Crippen molar-refractivity contribution < 1.29 is 18.9 Å². The molecule has 7 heteroatoms. The number of carboxylic acids is 1. The smallest absolute Gasteiger partial charge is 0.345 e. The Labute approximate surface area is 105 Å². The van der Waals surface area contributed by atoms with Gasteiger partial charge in [-0.1, -0.05) is 0 Å². The van der Waals surface area contributed by atoms with E-state index in [1.165, 1.54) is 12.1 Å². The zero-order valence-electron chi connectivity index (χ0n) is 9.43. The molecule has 0 aliphatic rings. The van der Waals surface area contributed by atoms with E-state index in [1.807, 2.05) is 0 Å². The summed E-state index contributed by atoms with van der Waals surface area (Å²) >= 11 is 0.922. The van der Waals surface area contributed by atoms with Crippen molar-refractivity contribution >= 4 is 34.0 Å². The largest absolute Gasteiger partial charge is 0.477 e. The van der Waals surface area contributed by atoms with E-state index in [0.717, 1.165) is 11.3 Å². The van der Waals surface area contributed by atoms with Gasteiger partial charge in [-0.2, -0.15) is 0 Å². The zero-order valence-corrected chi connectivity index (χ0v) is 11.1.